The van der Waals surface area contributed by atoms with Gasteiger partial charge in [-0.25, -0.2) is 9.97 Å². The summed E-state index contributed by atoms with van der Waals surface area (Å²) in [6.45, 7) is 0. The van der Waals surface area contributed by atoms with E-state index in [1.54, 1.807) is 85.8 Å². The van der Waals surface area contributed by atoms with Crippen LogP contribution in [0.4, 0.5) is 0 Å². The summed E-state index contributed by atoms with van der Waals surface area (Å²) < 4.78 is 0. The van der Waals surface area contributed by atoms with Gasteiger partial charge in [0.1, 0.15) is 19.1 Å². The van der Waals surface area contributed by atoms with Crippen LogP contribution in [-0.4, -0.2) is 71.7 Å². The van der Waals surface area contributed by atoms with Gasteiger partial charge in [-0.3, -0.25) is 43.7 Å². The third-order valence-electron chi connectivity index (χ3n) is 6.20. The average Bonchev–Trinajstić information content (AvgIpc) is 3.19. The van der Waals surface area contributed by atoms with Crippen LogP contribution in [0.5, 0.6) is 0 Å². The Balaban J connectivity index is -0.000000349. The Morgan fingerprint density at radius 2 is 0.746 bits per heavy atom. The molecule has 0 atom stereocenters. The van der Waals surface area contributed by atoms with E-state index in [2.05, 4.69) is 24.9 Å². The quantitative estimate of drug-likeness (QED) is 0.0487. The zero-order valence-electron chi connectivity index (χ0n) is 31.5. The molecular formula is C41H40Cl2N5NaO10. The Kier molecular flexibility index (Phi) is 37.7. The number of aromatic amines is 2. The molecule has 0 radical (unpaired) electrons. The average molecular weight is 857 g/mol. The molecule has 0 aliphatic heterocycles. The fraction of sp³-hybridized carbons (Fsp3) is 0.0488. The number of ketones is 3. The van der Waals surface area contributed by atoms with E-state index >= 15 is 0 Å². The van der Waals surface area contributed by atoms with Gasteiger partial charge in [-0.05, 0) is 83.0 Å². The molecular weight excluding hydrogens is 816 g/mol. The number of halogens is 2. The maximum absolute atomic E-state index is 11.6. The molecule has 5 heterocycles. The van der Waals surface area contributed by atoms with Crippen molar-refractivity contribution in [3.05, 3.63) is 175 Å². The first-order valence-corrected chi connectivity index (χ1v) is 16.0. The van der Waals surface area contributed by atoms with Gasteiger partial charge < -0.3 is 46.0 Å². The number of pyridine rings is 5. The zero-order chi connectivity index (χ0) is 39.2. The van der Waals surface area contributed by atoms with Crippen molar-refractivity contribution >= 4 is 59.9 Å². The summed E-state index contributed by atoms with van der Waals surface area (Å²) in [5.74, 6) is -3.48. The van der Waals surface area contributed by atoms with Crippen LogP contribution in [0.3, 0.4) is 0 Å². The van der Waals surface area contributed by atoms with E-state index < -0.39 is 30.6 Å². The van der Waals surface area contributed by atoms with Gasteiger partial charge in [0, 0.05) is 67.0 Å². The molecule has 304 valence electrons. The fourth-order valence-corrected chi connectivity index (χ4v) is 3.64. The van der Waals surface area contributed by atoms with E-state index in [9.17, 15) is 28.8 Å². The van der Waals surface area contributed by atoms with Gasteiger partial charge in [-0.2, -0.15) is 0 Å². The predicted octanol–water partition coefficient (Wildman–Crippen LogP) is -5.21. The van der Waals surface area contributed by atoms with Gasteiger partial charge in [0.2, 0.25) is 0 Å². The minimum absolute atomic E-state index is 0. The SMILES string of the molecule is O.O=C(/C=C/c1cc[nH+]cc1)/C=C/c1cc[nH+]cc1.O=C(/C=C/c1ccncc1)/C=C/c1ccncc1.O=C(O)CC(=O)CC(=O)O.O=Cc1ccncc1.[Cl-].[Cl-].[Na+].[OH-]. The van der Waals surface area contributed by atoms with Gasteiger partial charge in [0.05, 0.1) is 0 Å². The van der Waals surface area contributed by atoms with Crippen LogP contribution in [0, 0.1) is 0 Å². The molecule has 15 nitrogen and oxygen atoms in total. The third kappa shape index (κ3) is 31.6. The molecule has 0 unspecified atom stereocenters. The number of hydrogen-bond donors (Lipinski definition) is 2. The number of rotatable bonds is 13. The monoisotopic (exact) mass is 855 g/mol. The number of aldehydes is 1. The maximum Gasteiger partial charge on any atom is 1.00 e. The van der Waals surface area contributed by atoms with E-state index in [-0.39, 0.29) is 76.9 Å². The molecule has 0 saturated heterocycles. The molecule has 5 rings (SSSR count). The van der Waals surface area contributed by atoms with Gasteiger partial charge >= 0.3 is 41.5 Å². The Labute approximate surface area is 374 Å². The fourth-order valence-electron chi connectivity index (χ4n) is 3.64. The van der Waals surface area contributed by atoms with Gasteiger partial charge in [-0.1, -0.05) is 24.3 Å². The number of carboxylic acid groups (broad SMARTS) is 2. The maximum atomic E-state index is 11.6. The minimum Gasteiger partial charge on any atom is -1.00 e. The number of aromatic nitrogens is 5. The summed E-state index contributed by atoms with van der Waals surface area (Å²) in [4.78, 5) is 80.4. The first-order valence-electron chi connectivity index (χ1n) is 16.0. The molecule has 5 aromatic heterocycles. The van der Waals surface area contributed by atoms with Crippen LogP contribution in [0.25, 0.3) is 24.3 Å². The molecule has 0 fully saturated rings. The van der Waals surface area contributed by atoms with Gasteiger partial charge in [-0.15, -0.1) is 0 Å². The van der Waals surface area contributed by atoms with E-state index in [4.69, 9.17) is 10.2 Å². The second-order valence-electron chi connectivity index (χ2n) is 10.4. The number of allylic oxidation sites excluding steroid dienone is 4. The van der Waals surface area contributed by atoms with Crippen LogP contribution >= 0.6 is 0 Å². The molecule has 0 aliphatic carbocycles. The van der Waals surface area contributed by atoms with Crippen molar-refractivity contribution in [1.29, 1.82) is 0 Å². The second-order valence-corrected chi connectivity index (χ2v) is 10.4. The summed E-state index contributed by atoms with van der Waals surface area (Å²) in [7, 11) is 0. The predicted molar refractivity (Wildman–Crippen MR) is 205 cm³/mol. The third-order valence-corrected chi connectivity index (χ3v) is 6.20. The summed E-state index contributed by atoms with van der Waals surface area (Å²) in [6.07, 6.45) is 29.9. The Morgan fingerprint density at radius 3 is 0.983 bits per heavy atom. The van der Waals surface area contributed by atoms with Gasteiger partial charge in [0.15, 0.2) is 42.1 Å². The normalized spacial score (nSPS) is 9.42. The van der Waals surface area contributed by atoms with Crippen LogP contribution in [0.1, 0.15) is 45.5 Å². The van der Waals surface area contributed by atoms with Crippen molar-refractivity contribution in [3.63, 3.8) is 0 Å². The van der Waals surface area contributed by atoms with E-state index in [0.717, 1.165) is 28.5 Å². The molecule has 18 heteroatoms. The summed E-state index contributed by atoms with van der Waals surface area (Å²) >= 11 is 0. The number of Topliss-reactive ketones (excluding diaryl/α,β-unsaturated/α-hetero) is 1. The summed E-state index contributed by atoms with van der Waals surface area (Å²) in [5.41, 5.74) is 4.56. The van der Waals surface area contributed by atoms with Gasteiger partial charge in [0.25, 0.3) is 0 Å². The molecule has 0 spiro atoms. The molecule has 0 saturated carbocycles. The number of nitrogens with zero attached hydrogens (tertiary/aromatic N) is 3. The smallest absolute Gasteiger partial charge is 1.00 e. The van der Waals surface area contributed by atoms with Crippen molar-refractivity contribution in [3.8, 4) is 0 Å². The van der Waals surface area contributed by atoms with Crippen molar-refractivity contribution in [2.24, 2.45) is 0 Å². The molecule has 0 aliphatic rings. The molecule has 0 amide bonds. The summed E-state index contributed by atoms with van der Waals surface area (Å²) in [5, 5.41) is 16.0. The molecule has 0 bridgehead atoms. The second kappa shape index (κ2) is 37.4. The molecule has 59 heavy (non-hydrogen) atoms. The Morgan fingerprint density at radius 1 is 0.492 bits per heavy atom. The van der Waals surface area contributed by atoms with Crippen LogP contribution < -0.4 is 64.3 Å². The Hall–Kier alpha value is -6.17. The standard InChI is InChI=1S/2C15H12N2O.C6H5NO.C5H6O5.2ClH.Na.2H2O/c2*18-15(3-1-13-5-9-16-10-6-13)4-2-14-7-11-17-12-8-14;8-5-6-1-3-7-4-2-6;6-3(1-4(7)8)2-5(9)10;;;;;/h2*1-12H;1-5H;1-2H2,(H,7,8)(H,9,10);2*1H;;2*1H2/q;;;;;;+1;;/p-1/b2*3-1+,4-2+;;;;;;;. The van der Waals surface area contributed by atoms with E-state index in [1.807, 2.05) is 73.3 Å². The number of carbonyl (C=O) groups is 6. The molecule has 0 aromatic carbocycles. The van der Waals surface area contributed by atoms with Crippen molar-refractivity contribution < 1.29 is 114 Å². The number of nitrogens with one attached hydrogen (secondary N) is 2. The van der Waals surface area contributed by atoms with Crippen molar-refractivity contribution in [2.75, 3.05) is 0 Å². The van der Waals surface area contributed by atoms with Crippen molar-refractivity contribution in [2.45, 2.75) is 12.8 Å². The first-order chi connectivity index (χ1) is 26.1. The molecule has 7 N–H and O–H groups in total. The largest absolute Gasteiger partial charge is 1.00 e. The Bertz CT molecular complexity index is 1820. The number of carbonyl (C=O) groups excluding carboxylic acids is 4. The van der Waals surface area contributed by atoms with E-state index in [1.165, 1.54) is 12.2 Å². The number of H-pyrrole nitrogens is 2. The topological polar surface area (TPSA) is 271 Å². The minimum atomic E-state index is -1.30. The van der Waals surface area contributed by atoms with E-state index in [0.29, 0.717) is 5.56 Å². The van der Waals surface area contributed by atoms with Crippen LogP contribution in [0.2, 0.25) is 0 Å². The van der Waals surface area contributed by atoms with Crippen LogP contribution in [-0.2, 0) is 24.0 Å². The number of hydrogen-bond acceptors (Lipinski definition) is 10. The summed E-state index contributed by atoms with van der Waals surface area (Å²) in [6, 6.07) is 18.3. The zero-order valence-corrected chi connectivity index (χ0v) is 35.1. The molecule has 5 aromatic rings. The number of aliphatic carboxylic acids is 2. The van der Waals surface area contributed by atoms with Crippen molar-refractivity contribution in [1.82, 2.24) is 15.0 Å². The first kappa shape index (κ1) is 59.5. The number of carboxylic acids is 2. The van der Waals surface area contributed by atoms with Crippen LogP contribution in [0.15, 0.2) is 147 Å².